The van der Waals surface area contributed by atoms with E-state index in [-0.39, 0.29) is 37.2 Å². The van der Waals surface area contributed by atoms with Crippen LogP contribution in [0.1, 0.15) is 6.42 Å². The summed E-state index contributed by atoms with van der Waals surface area (Å²) in [4.78, 5) is 0. The third kappa shape index (κ3) is 5.56. The molecule has 0 heterocycles. The zero-order valence-corrected chi connectivity index (χ0v) is 12.9. The van der Waals surface area contributed by atoms with Gasteiger partial charge in [-0.3, -0.25) is 0 Å². The zero-order valence-electron chi connectivity index (χ0n) is 8.03. The molecule has 0 spiro atoms. The number of allylic oxidation sites excluding steroid dienone is 4. The first kappa shape index (κ1) is 19.7. The van der Waals surface area contributed by atoms with E-state index in [4.69, 9.17) is 0 Å². The summed E-state index contributed by atoms with van der Waals surface area (Å²) in [6, 6.07) is 0. The summed E-state index contributed by atoms with van der Waals surface area (Å²) in [5.41, 5.74) is 0. The third-order valence-electron chi connectivity index (χ3n) is 1.71. The van der Waals surface area contributed by atoms with Crippen LogP contribution < -0.4 is 0 Å². The van der Waals surface area contributed by atoms with E-state index in [0.29, 0.717) is 0 Å². The zero-order chi connectivity index (χ0) is 7.78. The fourth-order valence-corrected chi connectivity index (χ4v) is 4.62. The van der Waals surface area contributed by atoms with Gasteiger partial charge in [-0.25, -0.2) is 0 Å². The van der Waals surface area contributed by atoms with Crippen LogP contribution in [0, 0.1) is 0 Å². The van der Waals surface area contributed by atoms with Gasteiger partial charge in [-0.15, -0.1) is 37.2 Å². The van der Waals surface area contributed by atoms with Crippen LogP contribution in [0.5, 0.6) is 0 Å². The molecule has 0 saturated heterocycles. The monoisotopic (exact) mass is 296 g/mol. The van der Waals surface area contributed by atoms with E-state index in [0.717, 1.165) is 0 Å². The molecule has 0 aromatic carbocycles. The summed E-state index contributed by atoms with van der Waals surface area (Å²) in [6.45, 7) is 7.18. The summed E-state index contributed by atoms with van der Waals surface area (Å²) in [5.74, 6) is 0. The quantitative estimate of drug-likeness (QED) is 0.644. The first-order valence-corrected chi connectivity index (χ1v) is 7.81. The van der Waals surface area contributed by atoms with Crippen molar-refractivity contribution in [2.24, 2.45) is 0 Å². The Bertz CT molecular complexity index is 206. The number of halogens is 3. The van der Waals surface area contributed by atoms with Crippen molar-refractivity contribution in [3.63, 3.8) is 0 Å². The van der Waals surface area contributed by atoms with E-state index in [1.165, 1.54) is 10.7 Å². The molecule has 0 bridgehead atoms. The van der Waals surface area contributed by atoms with Crippen LogP contribution in [0.4, 0.5) is 0 Å². The molecule has 0 saturated carbocycles. The molecule has 0 amide bonds. The Balaban J connectivity index is -0.000000333. The van der Waals surface area contributed by atoms with Crippen LogP contribution in [0.3, 0.4) is 0 Å². The van der Waals surface area contributed by atoms with E-state index in [1.54, 1.807) is 5.20 Å². The van der Waals surface area contributed by atoms with Crippen molar-refractivity contribution in [3.05, 3.63) is 21.6 Å². The molecule has 0 aromatic heterocycles. The fraction of sp³-hybridized carbons (Fsp3) is 0.500. The average molecular weight is 298 g/mol. The van der Waals surface area contributed by atoms with Crippen LogP contribution in [-0.4, -0.2) is 8.07 Å². The summed E-state index contributed by atoms with van der Waals surface area (Å²) in [5, 5.41) is 1.63. The van der Waals surface area contributed by atoms with Crippen molar-refractivity contribution in [2.45, 2.75) is 26.1 Å². The Kier molecular flexibility index (Phi) is 11.3. The summed E-state index contributed by atoms with van der Waals surface area (Å²) in [7, 11) is -1.01. The topological polar surface area (TPSA) is 0 Å². The minimum absolute atomic E-state index is 0. The predicted octanol–water partition coefficient (Wildman–Crippen LogP) is 3.89. The maximum absolute atomic E-state index is 2.70. The van der Waals surface area contributed by atoms with Gasteiger partial charge in [0.25, 0.3) is 0 Å². The molecule has 1 aliphatic rings. The Morgan fingerprint density at radius 3 is 1.77 bits per heavy atom. The Labute approximate surface area is 110 Å². The minimum atomic E-state index is -1.01. The molecule has 0 nitrogen and oxygen atoms in total. The molecule has 0 unspecified atom stereocenters. The van der Waals surface area contributed by atoms with Crippen LogP contribution in [0.15, 0.2) is 21.6 Å². The van der Waals surface area contributed by atoms with E-state index in [1.807, 2.05) is 0 Å². The third-order valence-corrected chi connectivity index (χ3v) is 4.80. The Morgan fingerprint density at radius 1 is 1.15 bits per heavy atom. The number of hydrogen-bond acceptors (Lipinski definition) is 0. The summed E-state index contributed by atoms with van der Waals surface area (Å²) >= 11 is 2.70. The molecule has 1 rings (SSSR count). The van der Waals surface area contributed by atoms with Crippen molar-refractivity contribution in [1.82, 2.24) is 0 Å². The molecular weight excluding hydrogens is 281 g/mol. The standard InChI is InChI=1S/C8H13Si.3ClH.V/c1-9(2,3)8-6-4-5-7-8;;;;/h4,6H,5H2,1-3H3;3*1H;. The second-order valence-corrected chi connectivity index (χ2v) is 9.60. The number of hydrogen-bond donors (Lipinski definition) is 0. The summed E-state index contributed by atoms with van der Waals surface area (Å²) < 4.78 is 1.53. The van der Waals surface area contributed by atoms with Gasteiger partial charge >= 0.3 is 73.2 Å². The van der Waals surface area contributed by atoms with Gasteiger partial charge in [0.2, 0.25) is 0 Å². The molecule has 78 valence electrons. The molecule has 13 heavy (non-hydrogen) atoms. The van der Waals surface area contributed by atoms with E-state index >= 15 is 0 Å². The van der Waals surface area contributed by atoms with Gasteiger partial charge in [-0.2, -0.15) is 0 Å². The molecule has 0 radical (unpaired) electrons. The maximum Gasteiger partial charge on any atom is -0.147 e. The molecule has 0 atom stereocenters. The molecule has 1 aliphatic carbocycles. The maximum atomic E-state index is 2.70. The first-order valence-electron chi connectivity index (χ1n) is 3.61. The van der Waals surface area contributed by atoms with E-state index in [9.17, 15) is 0 Å². The molecule has 0 aromatic rings. The van der Waals surface area contributed by atoms with Crippen LogP contribution in [0.2, 0.25) is 19.6 Å². The van der Waals surface area contributed by atoms with Crippen LogP contribution in [0.25, 0.3) is 0 Å². The van der Waals surface area contributed by atoms with Gasteiger partial charge in [0, 0.05) is 0 Å². The van der Waals surface area contributed by atoms with Gasteiger partial charge in [0.05, 0.1) is 0 Å². The molecule has 0 fully saturated rings. The molecule has 5 heteroatoms. The Hall–Kier alpha value is 1.15. The van der Waals surface area contributed by atoms with Crippen LogP contribution >= 0.6 is 37.2 Å². The van der Waals surface area contributed by atoms with Crippen molar-refractivity contribution in [2.75, 3.05) is 0 Å². The second kappa shape index (κ2) is 7.44. The first-order chi connectivity index (χ1) is 4.52. The van der Waals surface area contributed by atoms with Gasteiger partial charge in [0.15, 0.2) is 0 Å². The number of rotatable bonds is 1. The largest absolute Gasteiger partial charge is 0.147 e. The van der Waals surface area contributed by atoms with Crippen molar-refractivity contribution in [1.29, 1.82) is 0 Å². The second-order valence-electron chi connectivity index (χ2n) is 3.72. The SMILES string of the molecule is C[Si](C)(C)C1=[C]([V])CC=C1.Cl.Cl.Cl. The average Bonchev–Trinajstić information content (AvgIpc) is 2.11. The molecular formula is C8H16Cl3SiV. The predicted molar refractivity (Wildman–Crippen MR) is 65.9 cm³/mol. The smallest absolute Gasteiger partial charge is 0.147 e. The van der Waals surface area contributed by atoms with E-state index in [2.05, 4.69) is 49.2 Å². The minimum Gasteiger partial charge on any atom is -0.147 e. The molecule has 0 aliphatic heterocycles. The fourth-order valence-electron chi connectivity index (χ4n) is 1.18. The van der Waals surface area contributed by atoms with Gasteiger partial charge in [-0.05, 0) is 0 Å². The normalized spacial score (nSPS) is 14.4. The Morgan fingerprint density at radius 2 is 1.62 bits per heavy atom. The van der Waals surface area contributed by atoms with Gasteiger partial charge in [0.1, 0.15) is 0 Å². The van der Waals surface area contributed by atoms with Crippen molar-refractivity contribution in [3.8, 4) is 0 Å². The van der Waals surface area contributed by atoms with E-state index < -0.39 is 8.07 Å². The molecule has 0 N–H and O–H groups in total. The van der Waals surface area contributed by atoms with Gasteiger partial charge in [-0.1, -0.05) is 0 Å². The van der Waals surface area contributed by atoms with Crippen molar-refractivity contribution >= 4 is 45.3 Å². The van der Waals surface area contributed by atoms with Gasteiger partial charge < -0.3 is 0 Å². The summed E-state index contributed by atoms with van der Waals surface area (Å²) in [6.07, 6.45) is 5.74. The van der Waals surface area contributed by atoms with Crippen molar-refractivity contribution < 1.29 is 17.4 Å². The van der Waals surface area contributed by atoms with Crippen LogP contribution in [-0.2, 0) is 17.4 Å².